The Morgan fingerprint density at radius 1 is 1.04 bits per heavy atom. The third-order valence-corrected chi connectivity index (χ3v) is 4.23. The fraction of sp³-hybridized carbons (Fsp3) is 0.190. The number of amides is 1. The van der Waals surface area contributed by atoms with Crippen molar-refractivity contribution in [2.75, 3.05) is 10.6 Å². The maximum absolute atomic E-state index is 12.6. The Morgan fingerprint density at radius 3 is 2.56 bits per heavy atom. The second-order valence-electron chi connectivity index (χ2n) is 6.55. The fourth-order valence-corrected chi connectivity index (χ4v) is 2.93. The summed E-state index contributed by atoms with van der Waals surface area (Å²) in [7, 11) is 0. The van der Waals surface area contributed by atoms with Crippen molar-refractivity contribution >= 4 is 34.8 Å². The first-order valence-electron chi connectivity index (χ1n) is 8.71. The van der Waals surface area contributed by atoms with E-state index < -0.39 is 0 Å². The Kier molecular flexibility index (Phi) is 5.72. The molecule has 0 saturated carbocycles. The van der Waals surface area contributed by atoms with Gasteiger partial charge in [0.1, 0.15) is 5.69 Å². The number of benzene rings is 2. The number of anilines is 3. The largest absolute Gasteiger partial charge is 0.324 e. The van der Waals surface area contributed by atoms with Crippen LogP contribution in [0.5, 0.6) is 0 Å². The normalized spacial score (nSPS) is 10.7. The Labute approximate surface area is 163 Å². The smallest absolute Gasteiger partial charge is 0.274 e. The molecule has 138 valence electrons. The Morgan fingerprint density at radius 2 is 1.81 bits per heavy atom. The summed E-state index contributed by atoms with van der Waals surface area (Å²) in [5.74, 6) is 0.423. The monoisotopic (exact) mass is 380 g/mol. The molecule has 0 fully saturated rings. The number of aromatic nitrogens is 2. The summed E-state index contributed by atoms with van der Waals surface area (Å²) in [6.07, 6.45) is 0. The topological polar surface area (TPSA) is 66.9 Å². The van der Waals surface area contributed by atoms with Crippen molar-refractivity contribution in [2.45, 2.75) is 26.7 Å². The number of nitrogens with zero attached hydrogens (tertiary/aromatic N) is 2. The van der Waals surface area contributed by atoms with Gasteiger partial charge in [-0.1, -0.05) is 49.7 Å². The number of para-hydroxylation sites is 1. The molecular weight excluding hydrogens is 360 g/mol. The lowest BCUT2D eigenvalue weighted by molar-refractivity contribution is 0.102. The first kappa shape index (κ1) is 18.9. The van der Waals surface area contributed by atoms with E-state index in [1.54, 1.807) is 30.3 Å². The van der Waals surface area contributed by atoms with Gasteiger partial charge in [-0.05, 0) is 48.7 Å². The molecule has 1 heterocycles. The summed E-state index contributed by atoms with van der Waals surface area (Å²) in [5.41, 5.74) is 3.69. The SMILES string of the molecule is Cc1cc(C(=O)Nc2cccc(Cl)c2)nc(Nc2ccccc2C(C)C)n1. The van der Waals surface area contributed by atoms with E-state index in [9.17, 15) is 4.79 Å². The predicted octanol–water partition coefficient (Wildman–Crippen LogP) is 5.56. The minimum absolute atomic E-state index is 0.284. The van der Waals surface area contributed by atoms with Gasteiger partial charge in [0, 0.05) is 22.1 Å². The van der Waals surface area contributed by atoms with Gasteiger partial charge >= 0.3 is 0 Å². The third kappa shape index (κ3) is 4.83. The maximum atomic E-state index is 12.6. The molecule has 0 bridgehead atoms. The molecule has 0 aliphatic carbocycles. The first-order chi connectivity index (χ1) is 12.9. The summed E-state index contributed by atoms with van der Waals surface area (Å²) in [5, 5.41) is 6.60. The molecule has 1 aromatic heterocycles. The van der Waals surface area contributed by atoms with Gasteiger partial charge in [-0.25, -0.2) is 9.97 Å². The summed E-state index contributed by atoms with van der Waals surface area (Å²) < 4.78 is 0. The van der Waals surface area contributed by atoms with Crippen LogP contribution in [0.4, 0.5) is 17.3 Å². The van der Waals surface area contributed by atoms with Crippen LogP contribution in [0.25, 0.3) is 0 Å². The highest BCUT2D eigenvalue weighted by atomic mass is 35.5. The summed E-state index contributed by atoms with van der Waals surface area (Å²) in [6.45, 7) is 6.08. The number of hydrogen-bond donors (Lipinski definition) is 2. The molecule has 0 aliphatic heterocycles. The zero-order valence-electron chi connectivity index (χ0n) is 15.5. The average Bonchev–Trinajstić information content (AvgIpc) is 2.61. The van der Waals surface area contributed by atoms with Gasteiger partial charge < -0.3 is 10.6 Å². The molecule has 2 N–H and O–H groups in total. The Balaban J connectivity index is 1.85. The van der Waals surface area contributed by atoms with E-state index in [-0.39, 0.29) is 11.6 Å². The zero-order valence-corrected chi connectivity index (χ0v) is 16.2. The van der Waals surface area contributed by atoms with Gasteiger partial charge in [0.2, 0.25) is 5.95 Å². The number of aryl methyl sites for hydroxylation is 1. The Hall–Kier alpha value is -2.92. The van der Waals surface area contributed by atoms with Gasteiger partial charge in [0.25, 0.3) is 5.91 Å². The minimum Gasteiger partial charge on any atom is -0.324 e. The van der Waals surface area contributed by atoms with E-state index in [0.717, 1.165) is 11.3 Å². The van der Waals surface area contributed by atoms with Crippen molar-refractivity contribution in [3.05, 3.63) is 76.6 Å². The van der Waals surface area contributed by atoms with Gasteiger partial charge in [0.05, 0.1) is 0 Å². The van der Waals surface area contributed by atoms with Crippen molar-refractivity contribution in [1.29, 1.82) is 0 Å². The third-order valence-electron chi connectivity index (χ3n) is 4.00. The van der Waals surface area contributed by atoms with Gasteiger partial charge in [-0.3, -0.25) is 4.79 Å². The predicted molar refractivity (Wildman–Crippen MR) is 110 cm³/mol. The van der Waals surface area contributed by atoms with Crippen molar-refractivity contribution in [3.63, 3.8) is 0 Å². The molecule has 0 unspecified atom stereocenters. The first-order valence-corrected chi connectivity index (χ1v) is 9.08. The van der Waals surface area contributed by atoms with Crippen LogP contribution in [0, 0.1) is 6.92 Å². The standard InChI is InChI=1S/C21H21ClN4O/c1-13(2)17-9-4-5-10-18(17)25-21-23-14(3)11-19(26-21)20(27)24-16-8-6-7-15(22)12-16/h4-13H,1-3H3,(H,24,27)(H,23,25,26). The minimum atomic E-state index is -0.317. The fourth-order valence-electron chi connectivity index (χ4n) is 2.74. The summed E-state index contributed by atoms with van der Waals surface area (Å²) in [6, 6.07) is 16.6. The number of halogens is 1. The molecule has 0 saturated heterocycles. The summed E-state index contributed by atoms with van der Waals surface area (Å²) >= 11 is 5.97. The molecule has 3 rings (SSSR count). The number of carbonyl (C=O) groups is 1. The molecule has 0 atom stereocenters. The molecule has 0 spiro atoms. The van der Waals surface area contributed by atoms with Gasteiger partial charge in [-0.2, -0.15) is 0 Å². The van der Waals surface area contributed by atoms with Crippen molar-refractivity contribution in [2.24, 2.45) is 0 Å². The number of rotatable bonds is 5. The van der Waals surface area contributed by atoms with Crippen LogP contribution < -0.4 is 10.6 Å². The van der Waals surface area contributed by atoms with Crippen molar-refractivity contribution in [3.8, 4) is 0 Å². The average molecular weight is 381 g/mol. The lowest BCUT2D eigenvalue weighted by Crippen LogP contribution is -2.15. The molecule has 0 aliphatic rings. The highest BCUT2D eigenvalue weighted by molar-refractivity contribution is 6.30. The quantitative estimate of drug-likeness (QED) is 0.608. The molecule has 5 nitrogen and oxygen atoms in total. The molecule has 3 aromatic rings. The number of hydrogen-bond acceptors (Lipinski definition) is 4. The van der Waals surface area contributed by atoms with Crippen LogP contribution in [0.1, 0.15) is 41.5 Å². The van der Waals surface area contributed by atoms with E-state index in [2.05, 4.69) is 40.5 Å². The zero-order chi connectivity index (χ0) is 19.4. The molecule has 2 aromatic carbocycles. The van der Waals surface area contributed by atoms with Crippen LogP contribution in [0.3, 0.4) is 0 Å². The van der Waals surface area contributed by atoms with Crippen LogP contribution in [-0.2, 0) is 0 Å². The molecule has 6 heteroatoms. The van der Waals surface area contributed by atoms with E-state index in [1.807, 2.05) is 25.1 Å². The van der Waals surface area contributed by atoms with Crippen LogP contribution >= 0.6 is 11.6 Å². The van der Waals surface area contributed by atoms with Gasteiger partial charge in [0.15, 0.2) is 0 Å². The molecule has 27 heavy (non-hydrogen) atoms. The highest BCUT2D eigenvalue weighted by Gasteiger charge is 2.13. The molecule has 0 radical (unpaired) electrons. The highest BCUT2D eigenvalue weighted by Crippen LogP contribution is 2.26. The lowest BCUT2D eigenvalue weighted by Gasteiger charge is -2.14. The van der Waals surface area contributed by atoms with Crippen molar-refractivity contribution in [1.82, 2.24) is 9.97 Å². The van der Waals surface area contributed by atoms with Crippen LogP contribution in [0.15, 0.2) is 54.6 Å². The second-order valence-corrected chi connectivity index (χ2v) is 6.99. The maximum Gasteiger partial charge on any atom is 0.274 e. The van der Waals surface area contributed by atoms with E-state index in [0.29, 0.717) is 28.3 Å². The number of nitrogens with one attached hydrogen (secondary N) is 2. The summed E-state index contributed by atoms with van der Waals surface area (Å²) in [4.78, 5) is 21.4. The molecular formula is C21H21ClN4O. The van der Waals surface area contributed by atoms with Crippen LogP contribution in [0.2, 0.25) is 5.02 Å². The number of carbonyl (C=O) groups excluding carboxylic acids is 1. The van der Waals surface area contributed by atoms with E-state index in [1.165, 1.54) is 0 Å². The Bertz CT molecular complexity index is 972. The van der Waals surface area contributed by atoms with E-state index >= 15 is 0 Å². The van der Waals surface area contributed by atoms with E-state index in [4.69, 9.17) is 11.6 Å². The van der Waals surface area contributed by atoms with Gasteiger partial charge in [-0.15, -0.1) is 0 Å². The molecule has 1 amide bonds. The van der Waals surface area contributed by atoms with Crippen LogP contribution in [-0.4, -0.2) is 15.9 Å². The van der Waals surface area contributed by atoms with Crippen molar-refractivity contribution < 1.29 is 4.79 Å². The second kappa shape index (κ2) is 8.18. The lowest BCUT2D eigenvalue weighted by atomic mass is 10.0.